The Hall–Kier alpha value is -1.54. The quantitative estimate of drug-likeness (QED) is 0.752. The molecule has 19 heavy (non-hydrogen) atoms. The van der Waals surface area contributed by atoms with Gasteiger partial charge in [0.05, 0.1) is 5.41 Å². The molecule has 0 saturated carbocycles. The fraction of sp³-hybridized carbons (Fsp3) is 0.235. The Labute approximate surface area is 119 Å². The van der Waals surface area contributed by atoms with Crippen LogP contribution in [0.15, 0.2) is 65.6 Å². The first kappa shape index (κ1) is 13.9. The summed E-state index contributed by atoms with van der Waals surface area (Å²) in [6, 6.07) is 20.2. The molecule has 2 aromatic rings. The number of ketones is 1. The predicted octanol–water partition coefficient (Wildman–Crippen LogP) is 4.33. The molecule has 2 aromatic carbocycles. The van der Waals surface area contributed by atoms with Gasteiger partial charge in [-0.3, -0.25) is 4.79 Å². The normalized spacial score (nSPS) is 13.8. The zero-order chi connectivity index (χ0) is 13.7. The molecule has 0 aromatic heterocycles. The van der Waals surface area contributed by atoms with Crippen molar-refractivity contribution < 1.29 is 4.79 Å². The molecule has 98 valence electrons. The molecule has 0 aliphatic heterocycles. The van der Waals surface area contributed by atoms with E-state index in [1.807, 2.05) is 55.5 Å². The first-order valence-electron chi connectivity index (χ1n) is 6.37. The largest absolute Gasteiger partial charge is 0.299 e. The Morgan fingerprint density at radius 1 is 1.00 bits per heavy atom. The van der Waals surface area contributed by atoms with Crippen molar-refractivity contribution in [2.75, 3.05) is 5.75 Å². The lowest BCUT2D eigenvalue weighted by Crippen LogP contribution is -2.33. The zero-order valence-corrected chi connectivity index (χ0v) is 12.1. The summed E-state index contributed by atoms with van der Waals surface area (Å²) >= 11 is 1.73. The summed E-state index contributed by atoms with van der Waals surface area (Å²) in [6.07, 6.45) is 0. The number of hydrogen-bond donors (Lipinski definition) is 0. The molecule has 0 aliphatic carbocycles. The average molecular weight is 270 g/mol. The van der Waals surface area contributed by atoms with Gasteiger partial charge < -0.3 is 0 Å². The van der Waals surface area contributed by atoms with E-state index in [0.29, 0.717) is 0 Å². The standard InChI is InChI=1S/C17H18OS/c1-14(18)17(2,15-9-5-3-6-10-15)13-19-16-11-7-4-8-12-16/h3-12H,13H2,1-2H3. The van der Waals surface area contributed by atoms with Crippen molar-refractivity contribution in [1.82, 2.24) is 0 Å². The summed E-state index contributed by atoms with van der Waals surface area (Å²) in [5.41, 5.74) is 0.660. The van der Waals surface area contributed by atoms with E-state index in [9.17, 15) is 4.79 Å². The predicted molar refractivity (Wildman–Crippen MR) is 81.6 cm³/mol. The fourth-order valence-corrected chi connectivity index (χ4v) is 3.11. The second-order valence-electron chi connectivity index (χ2n) is 4.86. The minimum atomic E-state index is -0.429. The lowest BCUT2D eigenvalue weighted by molar-refractivity contribution is -0.121. The number of Topliss-reactive ketones (excluding diaryl/α,β-unsaturated/α-hetero) is 1. The van der Waals surface area contributed by atoms with E-state index in [2.05, 4.69) is 12.1 Å². The van der Waals surface area contributed by atoms with E-state index in [4.69, 9.17) is 0 Å². The minimum absolute atomic E-state index is 0.210. The maximum absolute atomic E-state index is 12.1. The van der Waals surface area contributed by atoms with Crippen LogP contribution in [0.4, 0.5) is 0 Å². The third kappa shape index (κ3) is 3.27. The number of hydrogen-bond acceptors (Lipinski definition) is 2. The highest BCUT2D eigenvalue weighted by Gasteiger charge is 2.31. The van der Waals surface area contributed by atoms with Crippen LogP contribution in [-0.4, -0.2) is 11.5 Å². The molecule has 1 atom stereocenters. The number of carbonyl (C=O) groups is 1. The third-order valence-corrected chi connectivity index (χ3v) is 4.79. The van der Waals surface area contributed by atoms with Crippen LogP contribution >= 0.6 is 11.8 Å². The van der Waals surface area contributed by atoms with Crippen LogP contribution < -0.4 is 0 Å². The number of benzene rings is 2. The molecular formula is C17H18OS. The molecular weight excluding hydrogens is 252 g/mol. The molecule has 0 radical (unpaired) electrons. The van der Waals surface area contributed by atoms with E-state index in [0.717, 1.165) is 11.3 Å². The second-order valence-corrected chi connectivity index (χ2v) is 5.90. The van der Waals surface area contributed by atoms with Gasteiger partial charge in [-0.1, -0.05) is 48.5 Å². The van der Waals surface area contributed by atoms with Crippen molar-refractivity contribution in [2.45, 2.75) is 24.2 Å². The molecule has 0 saturated heterocycles. The van der Waals surface area contributed by atoms with E-state index >= 15 is 0 Å². The van der Waals surface area contributed by atoms with Crippen molar-refractivity contribution in [3.05, 3.63) is 66.2 Å². The fourth-order valence-electron chi connectivity index (χ4n) is 1.94. The SMILES string of the molecule is CC(=O)C(C)(CSc1ccccc1)c1ccccc1. The molecule has 1 unspecified atom stereocenters. The molecule has 0 N–H and O–H groups in total. The average Bonchev–Trinajstić information content (AvgIpc) is 2.46. The summed E-state index contributed by atoms with van der Waals surface area (Å²) in [6.45, 7) is 3.71. The molecule has 0 spiro atoms. The van der Waals surface area contributed by atoms with Crippen LogP contribution in [0.2, 0.25) is 0 Å². The summed E-state index contributed by atoms with van der Waals surface area (Å²) in [5, 5.41) is 0. The van der Waals surface area contributed by atoms with Gasteiger partial charge in [0.1, 0.15) is 5.78 Å². The molecule has 2 rings (SSSR count). The monoisotopic (exact) mass is 270 g/mol. The van der Waals surface area contributed by atoms with E-state index in [-0.39, 0.29) is 5.78 Å². The maximum atomic E-state index is 12.1. The molecule has 0 bridgehead atoms. The highest BCUT2D eigenvalue weighted by Crippen LogP contribution is 2.32. The zero-order valence-electron chi connectivity index (χ0n) is 11.3. The van der Waals surface area contributed by atoms with Crippen LogP contribution in [0.3, 0.4) is 0 Å². The van der Waals surface area contributed by atoms with Crippen LogP contribution in [0.25, 0.3) is 0 Å². The van der Waals surface area contributed by atoms with Gasteiger partial charge in [0.25, 0.3) is 0 Å². The van der Waals surface area contributed by atoms with Gasteiger partial charge in [-0.2, -0.15) is 0 Å². The highest BCUT2D eigenvalue weighted by molar-refractivity contribution is 7.99. The van der Waals surface area contributed by atoms with Crippen LogP contribution in [0.5, 0.6) is 0 Å². The summed E-state index contributed by atoms with van der Waals surface area (Å²) < 4.78 is 0. The lowest BCUT2D eigenvalue weighted by Gasteiger charge is -2.27. The highest BCUT2D eigenvalue weighted by atomic mass is 32.2. The number of carbonyl (C=O) groups excluding carboxylic acids is 1. The van der Waals surface area contributed by atoms with Gasteiger partial charge in [0.2, 0.25) is 0 Å². The van der Waals surface area contributed by atoms with Crippen LogP contribution in [0, 0.1) is 0 Å². The van der Waals surface area contributed by atoms with Gasteiger partial charge >= 0.3 is 0 Å². The number of thioether (sulfide) groups is 1. The van der Waals surface area contributed by atoms with Crippen molar-refractivity contribution >= 4 is 17.5 Å². The molecule has 2 heteroatoms. The van der Waals surface area contributed by atoms with Gasteiger partial charge in [-0.25, -0.2) is 0 Å². The topological polar surface area (TPSA) is 17.1 Å². The Bertz CT molecular complexity index is 536. The van der Waals surface area contributed by atoms with E-state index < -0.39 is 5.41 Å². The molecule has 0 amide bonds. The summed E-state index contributed by atoms with van der Waals surface area (Å²) in [7, 11) is 0. The Kier molecular flexibility index (Phi) is 4.43. The smallest absolute Gasteiger partial charge is 0.140 e. The third-order valence-electron chi connectivity index (χ3n) is 3.46. The Morgan fingerprint density at radius 3 is 2.05 bits per heavy atom. The van der Waals surface area contributed by atoms with Crippen molar-refractivity contribution in [2.24, 2.45) is 0 Å². The summed E-state index contributed by atoms with van der Waals surface area (Å²) in [5.74, 6) is 0.971. The second kappa shape index (κ2) is 6.07. The molecule has 0 fully saturated rings. The summed E-state index contributed by atoms with van der Waals surface area (Å²) in [4.78, 5) is 13.3. The maximum Gasteiger partial charge on any atom is 0.140 e. The van der Waals surface area contributed by atoms with Crippen LogP contribution in [0.1, 0.15) is 19.4 Å². The molecule has 0 heterocycles. The van der Waals surface area contributed by atoms with E-state index in [1.165, 1.54) is 4.90 Å². The van der Waals surface area contributed by atoms with Crippen molar-refractivity contribution in [3.8, 4) is 0 Å². The van der Waals surface area contributed by atoms with Crippen molar-refractivity contribution in [1.29, 1.82) is 0 Å². The van der Waals surface area contributed by atoms with E-state index in [1.54, 1.807) is 18.7 Å². The first-order valence-corrected chi connectivity index (χ1v) is 7.36. The number of rotatable bonds is 5. The van der Waals surface area contributed by atoms with Gasteiger partial charge in [-0.05, 0) is 31.5 Å². The lowest BCUT2D eigenvalue weighted by atomic mass is 9.81. The minimum Gasteiger partial charge on any atom is -0.299 e. The molecule has 1 nitrogen and oxygen atoms in total. The Morgan fingerprint density at radius 2 is 1.53 bits per heavy atom. The van der Waals surface area contributed by atoms with Gasteiger partial charge in [0.15, 0.2) is 0 Å². The Balaban J connectivity index is 2.19. The first-order chi connectivity index (χ1) is 9.13. The van der Waals surface area contributed by atoms with Gasteiger partial charge in [-0.15, -0.1) is 11.8 Å². The molecule has 0 aliphatic rings. The van der Waals surface area contributed by atoms with Crippen molar-refractivity contribution in [3.63, 3.8) is 0 Å². The van der Waals surface area contributed by atoms with Crippen LogP contribution in [-0.2, 0) is 10.2 Å². The van der Waals surface area contributed by atoms with Gasteiger partial charge in [0, 0.05) is 10.6 Å².